The van der Waals surface area contributed by atoms with Crippen molar-refractivity contribution in [2.24, 2.45) is 0 Å². The van der Waals surface area contributed by atoms with Gasteiger partial charge in [0.05, 0.1) is 19.7 Å². The number of fused-ring (bicyclic) bond motifs is 1. The van der Waals surface area contributed by atoms with Crippen LogP contribution >= 0.6 is 0 Å². The summed E-state index contributed by atoms with van der Waals surface area (Å²) in [5.41, 5.74) is 1.79. The van der Waals surface area contributed by atoms with E-state index in [4.69, 9.17) is 14.2 Å². The maximum atomic E-state index is 13.3. The molecule has 0 unspecified atom stereocenters. The van der Waals surface area contributed by atoms with E-state index in [2.05, 4.69) is 10.3 Å². The lowest BCUT2D eigenvalue weighted by atomic mass is 10.1. The number of nitrogens with zero attached hydrogens (tertiary/aromatic N) is 1. The number of pyridine rings is 1. The van der Waals surface area contributed by atoms with Crippen LogP contribution < -0.4 is 19.5 Å². The van der Waals surface area contributed by atoms with Crippen LogP contribution in [-0.4, -0.2) is 25.1 Å². The van der Waals surface area contributed by atoms with E-state index in [0.29, 0.717) is 39.6 Å². The van der Waals surface area contributed by atoms with Crippen molar-refractivity contribution >= 4 is 16.8 Å². The number of amides is 1. The highest BCUT2D eigenvalue weighted by Crippen LogP contribution is 2.36. The summed E-state index contributed by atoms with van der Waals surface area (Å²) in [4.78, 5) is 16.9. The minimum absolute atomic E-state index is 0.221. The second kappa shape index (κ2) is 9.34. The predicted octanol–water partition coefficient (Wildman–Crippen LogP) is 5.11. The standard InChI is InChI=1S/C25H21FN2O4/c1-30-23-13-20-21(14-24(23)31-2)27-10-9-22(20)32-19-8-4-6-17(12-19)25(29)28-15-16-5-3-7-18(26)11-16/h3-14H,15H2,1-2H3,(H,28,29). The third-order valence-electron chi connectivity index (χ3n) is 4.87. The SMILES string of the molecule is COc1cc2nccc(Oc3cccc(C(=O)NCc4cccc(F)c4)c3)c2cc1OC. The molecule has 0 radical (unpaired) electrons. The number of hydrogen-bond donors (Lipinski definition) is 1. The molecule has 162 valence electrons. The molecule has 0 aliphatic carbocycles. The summed E-state index contributed by atoms with van der Waals surface area (Å²) in [6, 6.07) is 18.2. The van der Waals surface area contributed by atoms with Crippen LogP contribution in [0.1, 0.15) is 15.9 Å². The highest BCUT2D eigenvalue weighted by molar-refractivity contribution is 5.94. The number of carbonyl (C=O) groups excluding carboxylic acids is 1. The van der Waals surface area contributed by atoms with Gasteiger partial charge >= 0.3 is 0 Å². The van der Waals surface area contributed by atoms with Crippen LogP contribution in [0.5, 0.6) is 23.0 Å². The third-order valence-corrected chi connectivity index (χ3v) is 4.87. The molecule has 4 aromatic rings. The molecule has 0 aliphatic rings. The topological polar surface area (TPSA) is 69.7 Å². The molecule has 0 spiro atoms. The molecule has 0 saturated carbocycles. The maximum absolute atomic E-state index is 13.3. The molecule has 1 aromatic heterocycles. The summed E-state index contributed by atoms with van der Waals surface area (Å²) >= 11 is 0. The fraction of sp³-hybridized carbons (Fsp3) is 0.120. The van der Waals surface area contributed by atoms with Crippen molar-refractivity contribution in [3.05, 3.63) is 89.9 Å². The van der Waals surface area contributed by atoms with Crippen molar-refractivity contribution in [1.29, 1.82) is 0 Å². The Hall–Kier alpha value is -4.13. The van der Waals surface area contributed by atoms with E-state index in [-0.39, 0.29) is 18.3 Å². The first-order chi connectivity index (χ1) is 15.6. The molecule has 0 bridgehead atoms. The van der Waals surface area contributed by atoms with Gasteiger partial charge < -0.3 is 19.5 Å². The molecule has 0 aliphatic heterocycles. The molecule has 0 atom stereocenters. The molecular weight excluding hydrogens is 411 g/mol. The molecular formula is C25H21FN2O4. The highest BCUT2D eigenvalue weighted by atomic mass is 19.1. The van der Waals surface area contributed by atoms with Crippen molar-refractivity contribution in [2.45, 2.75) is 6.54 Å². The van der Waals surface area contributed by atoms with Gasteiger partial charge in [-0.15, -0.1) is 0 Å². The Morgan fingerprint density at radius 3 is 2.50 bits per heavy atom. The number of hydrogen-bond acceptors (Lipinski definition) is 5. The van der Waals surface area contributed by atoms with Gasteiger partial charge in [-0.1, -0.05) is 18.2 Å². The van der Waals surface area contributed by atoms with Crippen LogP contribution in [-0.2, 0) is 6.54 Å². The molecule has 3 aromatic carbocycles. The van der Waals surface area contributed by atoms with Gasteiger partial charge in [-0.3, -0.25) is 9.78 Å². The second-order valence-corrected chi connectivity index (χ2v) is 6.98. The van der Waals surface area contributed by atoms with Crippen LogP contribution in [0.3, 0.4) is 0 Å². The van der Waals surface area contributed by atoms with Crippen molar-refractivity contribution < 1.29 is 23.4 Å². The Labute approximate surface area is 184 Å². The van der Waals surface area contributed by atoms with Gasteiger partial charge in [0.1, 0.15) is 17.3 Å². The average Bonchev–Trinajstić information content (AvgIpc) is 2.82. The smallest absolute Gasteiger partial charge is 0.251 e. The zero-order valence-electron chi connectivity index (χ0n) is 17.6. The monoisotopic (exact) mass is 432 g/mol. The molecule has 6 nitrogen and oxygen atoms in total. The van der Waals surface area contributed by atoms with Gasteiger partial charge in [0.2, 0.25) is 0 Å². The summed E-state index contributed by atoms with van der Waals surface area (Å²) in [6.07, 6.45) is 1.64. The number of carbonyl (C=O) groups is 1. The zero-order valence-corrected chi connectivity index (χ0v) is 17.6. The minimum Gasteiger partial charge on any atom is -0.493 e. The Bertz CT molecular complexity index is 1280. The minimum atomic E-state index is -0.342. The van der Waals surface area contributed by atoms with Gasteiger partial charge in [-0.05, 0) is 48.0 Å². The molecule has 0 saturated heterocycles. The van der Waals surface area contributed by atoms with Crippen molar-refractivity contribution in [3.63, 3.8) is 0 Å². The van der Waals surface area contributed by atoms with Crippen molar-refractivity contribution in [1.82, 2.24) is 10.3 Å². The summed E-state index contributed by atoms with van der Waals surface area (Å²) in [6.45, 7) is 0.221. The maximum Gasteiger partial charge on any atom is 0.251 e. The lowest BCUT2D eigenvalue weighted by Gasteiger charge is -2.13. The number of nitrogens with one attached hydrogen (secondary N) is 1. The normalized spacial score (nSPS) is 10.6. The summed E-state index contributed by atoms with van der Waals surface area (Å²) < 4.78 is 30.1. The number of ether oxygens (including phenoxy) is 3. The van der Waals surface area contributed by atoms with Crippen LogP contribution in [0, 0.1) is 5.82 Å². The molecule has 32 heavy (non-hydrogen) atoms. The van der Waals surface area contributed by atoms with E-state index < -0.39 is 0 Å². The first-order valence-electron chi connectivity index (χ1n) is 9.88. The van der Waals surface area contributed by atoms with E-state index in [9.17, 15) is 9.18 Å². The van der Waals surface area contributed by atoms with Gasteiger partial charge in [-0.2, -0.15) is 0 Å². The molecule has 7 heteroatoms. The van der Waals surface area contributed by atoms with Crippen LogP contribution in [0.2, 0.25) is 0 Å². The Kier molecular flexibility index (Phi) is 6.17. The number of aromatic nitrogens is 1. The largest absolute Gasteiger partial charge is 0.493 e. The quantitative estimate of drug-likeness (QED) is 0.439. The van der Waals surface area contributed by atoms with Crippen LogP contribution in [0.4, 0.5) is 4.39 Å². The summed E-state index contributed by atoms with van der Waals surface area (Å²) in [5, 5.41) is 3.53. The van der Waals surface area contributed by atoms with Gasteiger partial charge in [0.25, 0.3) is 5.91 Å². The highest BCUT2D eigenvalue weighted by Gasteiger charge is 2.12. The van der Waals surface area contributed by atoms with E-state index in [1.165, 1.54) is 12.1 Å². The Morgan fingerprint density at radius 2 is 1.72 bits per heavy atom. The average molecular weight is 432 g/mol. The van der Waals surface area contributed by atoms with Gasteiger partial charge in [0.15, 0.2) is 11.5 Å². The molecule has 0 fully saturated rings. The lowest BCUT2D eigenvalue weighted by Crippen LogP contribution is -2.22. The second-order valence-electron chi connectivity index (χ2n) is 6.98. The number of benzene rings is 3. The molecule has 4 rings (SSSR count). The van der Waals surface area contributed by atoms with E-state index in [0.717, 1.165) is 5.39 Å². The fourth-order valence-electron chi connectivity index (χ4n) is 3.30. The van der Waals surface area contributed by atoms with Crippen LogP contribution in [0.15, 0.2) is 72.9 Å². The number of halogens is 1. The van der Waals surface area contributed by atoms with Crippen LogP contribution in [0.25, 0.3) is 10.9 Å². The fourth-order valence-corrected chi connectivity index (χ4v) is 3.30. The first-order valence-corrected chi connectivity index (χ1v) is 9.88. The molecule has 1 N–H and O–H groups in total. The summed E-state index contributed by atoms with van der Waals surface area (Å²) in [7, 11) is 3.13. The van der Waals surface area contributed by atoms with Gasteiger partial charge in [0, 0.05) is 29.8 Å². The number of methoxy groups -OCH3 is 2. The Balaban J connectivity index is 1.55. The first kappa shape index (κ1) is 21.1. The third kappa shape index (κ3) is 4.62. The predicted molar refractivity (Wildman–Crippen MR) is 119 cm³/mol. The summed E-state index contributed by atoms with van der Waals surface area (Å²) in [5.74, 6) is 1.56. The molecule has 1 amide bonds. The lowest BCUT2D eigenvalue weighted by molar-refractivity contribution is 0.0950. The zero-order chi connectivity index (χ0) is 22.5. The van der Waals surface area contributed by atoms with E-state index >= 15 is 0 Å². The van der Waals surface area contributed by atoms with Gasteiger partial charge in [-0.25, -0.2) is 4.39 Å². The van der Waals surface area contributed by atoms with Crippen molar-refractivity contribution in [3.8, 4) is 23.0 Å². The number of rotatable bonds is 7. The van der Waals surface area contributed by atoms with E-state index in [1.54, 1.807) is 75.0 Å². The van der Waals surface area contributed by atoms with E-state index in [1.807, 2.05) is 0 Å². The van der Waals surface area contributed by atoms with Crippen molar-refractivity contribution in [2.75, 3.05) is 14.2 Å². The Morgan fingerprint density at radius 1 is 0.938 bits per heavy atom. The molecule has 1 heterocycles.